The number of rotatable bonds is 9. The summed E-state index contributed by atoms with van der Waals surface area (Å²) in [5.74, 6) is 0.923. The van der Waals surface area contributed by atoms with E-state index in [1.165, 1.54) is 32.1 Å². The van der Waals surface area contributed by atoms with Gasteiger partial charge in [-0.15, -0.1) is 0 Å². The van der Waals surface area contributed by atoms with E-state index in [-0.39, 0.29) is 6.04 Å². The van der Waals surface area contributed by atoms with E-state index in [0.717, 1.165) is 28.8 Å². The highest BCUT2D eigenvalue weighted by Crippen LogP contribution is 2.27. The van der Waals surface area contributed by atoms with Crippen LogP contribution in [0.4, 0.5) is 0 Å². The van der Waals surface area contributed by atoms with Gasteiger partial charge in [-0.3, -0.25) is 0 Å². The van der Waals surface area contributed by atoms with Crippen LogP contribution in [0.5, 0.6) is 5.75 Å². The van der Waals surface area contributed by atoms with Crippen molar-refractivity contribution in [1.82, 2.24) is 0 Å². The van der Waals surface area contributed by atoms with E-state index in [1.54, 1.807) is 0 Å². The number of unbranched alkanes of at least 4 members (excludes halogenated alkanes) is 5. The lowest BCUT2D eigenvalue weighted by Crippen LogP contribution is -2.08. The maximum Gasteiger partial charge on any atom is 0.124 e. The fraction of sp³-hybridized carbons (Fsp3) is 0.625. The molecular weight excluding hydrogens is 302 g/mol. The largest absolute Gasteiger partial charge is 0.493 e. The van der Waals surface area contributed by atoms with Gasteiger partial charge < -0.3 is 10.5 Å². The van der Waals surface area contributed by atoms with E-state index in [2.05, 4.69) is 22.9 Å². The number of halogens is 1. The highest BCUT2D eigenvalue weighted by molar-refractivity contribution is 9.10. The molecule has 1 rings (SSSR count). The molecule has 0 aromatic heterocycles. The summed E-state index contributed by atoms with van der Waals surface area (Å²) in [5.41, 5.74) is 7.04. The molecule has 2 nitrogen and oxygen atoms in total. The Balaban J connectivity index is 2.33. The maximum absolute atomic E-state index is 5.97. The van der Waals surface area contributed by atoms with E-state index in [1.807, 2.05) is 25.1 Å². The normalized spacial score (nSPS) is 12.4. The summed E-state index contributed by atoms with van der Waals surface area (Å²) in [6, 6.07) is 6.04. The zero-order valence-corrected chi connectivity index (χ0v) is 13.7. The summed E-state index contributed by atoms with van der Waals surface area (Å²) in [6.07, 6.45) is 7.69. The van der Waals surface area contributed by atoms with E-state index >= 15 is 0 Å². The highest BCUT2D eigenvalue weighted by Gasteiger charge is 2.08. The first kappa shape index (κ1) is 16.5. The summed E-state index contributed by atoms with van der Waals surface area (Å²) in [7, 11) is 0. The number of ether oxygens (including phenoxy) is 1. The lowest BCUT2D eigenvalue weighted by Gasteiger charge is -2.14. The van der Waals surface area contributed by atoms with E-state index < -0.39 is 0 Å². The second-order valence-electron chi connectivity index (χ2n) is 5.09. The lowest BCUT2D eigenvalue weighted by atomic mass is 10.1. The Bertz CT molecular complexity index is 366. The average molecular weight is 328 g/mol. The van der Waals surface area contributed by atoms with Gasteiger partial charge in [0.25, 0.3) is 0 Å². The smallest absolute Gasteiger partial charge is 0.124 e. The van der Waals surface area contributed by atoms with Crippen molar-refractivity contribution in [3.05, 3.63) is 28.2 Å². The van der Waals surface area contributed by atoms with Crippen molar-refractivity contribution in [2.24, 2.45) is 5.73 Å². The molecule has 1 aromatic carbocycles. The van der Waals surface area contributed by atoms with Crippen molar-refractivity contribution < 1.29 is 4.74 Å². The Morgan fingerprint density at radius 1 is 1.16 bits per heavy atom. The van der Waals surface area contributed by atoms with E-state index in [0.29, 0.717) is 0 Å². The van der Waals surface area contributed by atoms with Crippen LogP contribution in [0.3, 0.4) is 0 Å². The molecule has 1 aromatic rings. The van der Waals surface area contributed by atoms with Crippen LogP contribution in [0, 0.1) is 0 Å². The SMILES string of the molecule is CCCCCCCCOc1ccc(Br)cc1[C@H](C)N. The quantitative estimate of drug-likeness (QED) is 0.632. The Hall–Kier alpha value is -0.540. The Labute approximate surface area is 125 Å². The van der Waals surface area contributed by atoms with E-state index in [9.17, 15) is 0 Å². The molecular formula is C16H26BrNO. The first-order valence-electron chi connectivity index (χ1n) is 7.33. The third-order valence-corrected chi connectivity index (χ3v) is 3.71. The van der Waals surface area contributed by atoms with Crippen molar-refractivity contribution in [3.63, 3.8) is 0 Å². The molecule has 0 bridgehead atoms. The minimum absolute atomic E-state index is 0.00273. The molecule has 0 spiro atoms. The van der Waals surface area contributed by atoms with Gasteiger partial charge in [0.05, 0.1) is 6.61 Å². The number of nitrogens with two attached hydrogens (primary N) is 1. The summed E-state index contributed by atoms with van der Waals surface area (Å²) in [6.45, 7) is 5.01. The molecule has 0 aliphatic rings. The van der Waals surface area contributed by atoms with Crippen LogP contribution in [0.1, 0.15) is 64.0 Å². The summed E-state index contributed by atoms with van der Waals surface area (Å²) in [4.78, 5) is 0. The predicted molar refractivity (Wildman–Crippen MR) is 85.6 cm³/mol. The second-order valence-corrected chi connectivity index (χ2v) is 6.00. The standard InChI is InChI=1S/C16H26BrNO/c1-3-4-5-6-7-8-11-19-16-10-9-14(17)12-15(16)13(2)18/h9-10,12-13H,3-8,11,18H2,1-2H3/t13-/m0/s1. The van der Waals surface area contributed by atoms with Gasteiger partial charge in [-0.1, -0.05) is 55.0 Å². The van der Waals surface area contributed by atoms with Crippen molar-refractivity contribution in [1.29, 1.82) is 0 Å². The van der Waals surface area contributed by atoms with Crippen LogP contribution in [0.2, 0.25) is 0 Å². The van der Waals surface area contributed by atoms with Gasteiger partial charge in [0.1, 0.15) is 5.75 Å². The van der Waals surface area contributed by atoms with Gasteiger partial charge in [-0.05, 0) is 31.5 Å². The molecule has 2 N–H and O–H groups in total. The molecule has 0 saturated carbocycles. The Kier molecular flexibility index (Phi) is 8.15. The Morgan fingerprint density at radius 2 is 1.84 bits per heavy atom. The van der Waals surface area contributed by atoms with Crippen LogP contribution in [-0.4, -0.2) is 6.61 Å². The fourth-order valence-electron chi connectivity index (χ4n) is 2.07. The number of benzene rings is 1. The zero-order chi connectivity index (χ0) is 14.1. The highest BCUT2D eigenvalue weighted by atomic mass is 79.9. The van der Waals surface area contributed by atoms with E-state index in [4.69, 9.17) is 10.5 Å². The molecule has 0 heterocycles. The third-order valence-electron chi connectivity index (χ3n) is 3.22. The number of hydrogen-bond acceptors (Lipinski definition) is 2. The third kappa shape index (κ3) is 6.44. The molecule has 1 atom stereocenters. The first-order chi connectivity index (χ1) is 9.15. The molecule has 3 heteroatoms. The molecule has 108 valence electrons. The monoisotopic (exact) mass is 327 g/mol. The van der Waals surface area contributed by atoms with Crippen LogP contribution in [-0.2, 0) is 0 Å². The fourth-order valence-corrected chi connectivity index (χ4v) is 2.45. The predicted octanol–water partition coefficient (Wildman–Crippen LogP) is 5.21. The molecule has 0 aliphatic heterocycles. The maximum atomic E-state index is 5.97. The zero-order valence-electron chi connectivity index (χ0n) is 12.1. The molecule has 0 saturated heterocycles. The van der Waals surface area contributed by atoms with Crippen molar-refractivity contribution in [2.45, 2.75) is 58.4 Å². The van der Waals surface area contributed by atoms with Gasteiger partial charge in [-0.25, -0.2) is 0 Å². The molecule has 0 aliphatic carbocycles. The van der Waals surface area contributed by atoms with Crippen molar-refractivity contribution >= 4 is 15.9 Å². The molecule has 0 radical (unpaired) electrons. The first-order valence-corrected chi connectivity index (χ1v) is 8.12. The summed E-state index contributed by atoms with van der Waals surface area (Å²) >= 11 is 3.47. The summed E-state index contributed by atoms with van der Waals surface area (Å²) in [5, 5.41) is 0. The van der Waals surface area contributed by atoms with Gasteiger partial charge >= 0.3 is 0 Å². The second kappa shape index (κ2) is 9.38. The van der Waals surface area contributed by atoms with Crippen LogP contribution < -0.4 is 10.5 Å². The minimum atomic E-state index is -0.00273. The lowest BCUT2D eigenvalue weighted by molar-refractivity contribution is 0.300. The molecule has 19 heavy (non-hydrogen) atoms. The average Bonchev–Trinajstić information content (AvgIpc) is 2.39. The molecule has 0 fully saturated rings. The minimum Gasteiger partial charge on any atom is -0.493 e. The van der Waals surface area contributed by atoms with Gasteiger partial charge in [0.15, 0.2) is 0 Å². The van der Waals surface area contributed by atoms with Gasteiger partial charge in [0, 0.05) is 16.1 Å². The Morgan fingerprint density at radius 3 is 2.53 bits per heavy atom. The van der Waals surface area contributed by atoms with Crippen LogP contribution in [0.25, 0.3) is 0 Å². The topological polar surface area (TPSA) is 35.2 Å². The van der Waals surface area contributed by atoms with Gasteiger partial charge in [-0.2, -0.15) is 0 Å². The van der Waals surface area contributed by atoms with Crippen molar-refractivity contribution in [3.8, 4) is 5.75 Å². The summed E-state index contributed by atoms with van der Waals surface area (Å²) < 4.78 is 6.91. The van der Waals surface area contributed by atoms with Crippen LogP contribution >= 0.6 is 15.9 Å². The van der Waals surface area contributed by atoms with Gasteiger partial charge in [0.2, 0.25) is 0 Å². The molecule has 0 unspecified atom stereocenters. The van der Waals surface area contributed by atoms with Crippen LogP contribution in [0.15, 0.2) is 22.7 Å². The van der Waals surface area contributed by atoms with Crippen molar-refractivity contribution in [2.75, 3.05) is 6.61 Å². The number of hydrogen-bond donors (Lipinski definition) is 1. The molecule has 0 amide bonds.